The van der Waals surface area contributed by atoms with Gasteiger partial charge in [0, 0.05) is 7.11 Å². The molecule has 2 N–H and O–H groups in total. The first-order chi connectivity index (χ1) is 6.72. The zero-order valence-electron chi connectivity index (χ0n) is 7.84. The number of ether oxygens (including phenoxy) is 4. The number of primary amides is 1. The van der Waals surface area contributed by atoms with E-state index in [1.54, 1.807) is 0 Å². The van der Waals surface area contributed by atoms with Crippen molar-refractivity contribution < 1.29 is 23.7 Å². The van der Waals surface area contributed by atoms with Crippen LogP contribution in [0.4, 0.5) is 4.79 Å². The number of hydrogen-bond acceptors (Lipinski definition) is 5. The standard InChI is InChI=1S/C8H13NO5/c1-11-4(2-13-8(9)10)6-7-5(14-7)3-12-6/h4-7H,2-3H2,1H3,(H2,9,10)/t4-,5+,6-,7-/m1/s1. The highest BCUT2D eigenvalue weighted by molar-refractivity contribution is 5.64. The molecule has 2 saturated heterocycles. The molecule has 6 nitrogen and oxygen atoms in total. The molecule has 1 amide bonds. The molecule has 2 rings (SSSR count). The Balaban J connectivity index is 1.82. The Hall–Kier alpha value is -0.850. The third kappa shape index (κ3) is 1.82. The van der Waals surface area contributed by atoms with E-state index in [0.29, 0.717) is 6.61 Å². The Morgan fingerprint density at radius 3 is 2.93 bits per heavy atom. The van der Waals surface area contributed by atoms with E-state index in [2.05, 4.69) is 4.74 Å². The normalized spacial score (nSPS) is 36.2. The lowest BCUT2D eigenvalue weighted by Gasteiger charge is -2.21. The van der Waals surface area contributed by atoms with Crippen molar-refractivity contribution in [3.8, 4) is 0 Å². The van der Waals surface area contributed by atoms with Crippen LogP contribution in [0.3, 0.4) is 0 Å². The zero-order valence-corrected chi connectivity index (χ0v) is 7.84. The molecule has 0 aliphatic carbocycles. The second-order valence-corrected chi connectivity index (χ2v) is 3.34. The van der Waals surface area contributed by atoms with Crippen LogP contribution >= 0.6 is 0 Å². The maximum Gasteiger partial charge on any atom is 0.404 e. The lowest BCUT2D eigenvalue weighted by molar-refractivity contribution is -0.0833. The molecule has 0 aromatic heterocycles. The van der Waals surface area contributed by atoms with E-state index in [-0.39, 0.29) is 31.0 Å². The van der Waals surface area contributed by atoms with E-state index < -0.39 is 6.09 Å². The van der Waals surface area contributed by atoms with Crippen molar-refractivity contribution in [2.24, 2.45) is 5.73 Å². The lowest BCUT2D eigenvalue weighted by Crippen LogP contribution is -2.37. The number of nitrogens with two attached hydrogens (primary N) is 1. The molecular formula is C8H13NO5. The third-order valence-electron chi connectivity index (χ3n) is 2.46. The van der Waals surface area contributed by atoms with Crippen molar-refractivity contribution in [1.82, 2.24) is 0 Å². The molecule has 0 radical (unpaired) electrons. The van der Waals surface area contributed by atoms with Gasteiger partial charge >= 0.3 is 6.09 Å². The van der Waals surface area contributed by atoms with Crippen LogP contribution in [0.1, 0.15) is 0 Å². The Morgan fingerprint density at radius 2 is 2.50 bits per heavy atom. The molecule has 6 heteroatoms. The molecule has 2 aliphatic heterocycles. The van der Waals surface area contributed by atoms with Gasteiger partial charge in [-0.25, -0.2) is 4.79 Å². The fourth-order valence-electron chi connectivity index (χ4n) is 1.66. The summed E-state index contributed by atoms with van der Waals surface area (Å²) in [5, 5.41) is 0. The van der Waals surface area contributed by atoms with Crippen molar-refractivity contribution in [3.05, 3.63) is 0 Å². The van der Waals surface area contributed by atoms with E-state index in [1.807, 2.05) is 0 Å². The van der Waals surface area contributed by atoms with Gasteiger partial charge in [-0.05, 0) is 0 Å². The zero-order chi connectivity index (χ0) is 10.1. The molecule has 80 valence electrons. The van der Waals surface area contributed by atoms with Crippen LogP contribution in [0.2, 0.25) is 0 Å². The maximum absolute atomic E-state index is 10.4. The van der Waals surface area contributed by atoms with Gasteiger partial charge in [0.1, 0.15) is 31.0 Å². The van der Waals surface area contributed by atoms with Gasteiger partial charge in [-0.15, -0.1) is 0 Å². The van der Waals surface area contributed by atoms with E-state index in [0.717, 1.165) is 0 Å². The first-order valence-corrected chi connectivity index (χ1v) is 4.44. The summed E-state index contributed by atoms with van der Waals surface area (Å²) in [4.78, 5) is 10.4. The van der Waals surface area contributed by atoms with Crippen LogP contribution < -0.4 is 5.73 Å². The second kappa shape index (κ2) is 3.72. The summed E-state index contributed by atoms with van der Waals surface area (Å²) in [7, 11) is 1.54. The number of amides is 1. The summed E-state index contributed by atoms with van der Waals surface area (Å²) >= 11 is 0. The minimum Gasteiger partial charge on any atom is -0.447 e. The predicted molar refractivity (Wildman–Crippen MR) is 44.7 cm³/mol. The van der Waals surface area contributed by atoms with Crippen LogP contribution in [0.25, 0.3) is 0 Å². The van der Waals surface area contributed by atoms with Gasteiger partial charge in [0.05, 0.1) is 6.61 Å². The van der Waals surface area contributed by atoms with Crippen molar-refractivity contribution in [2.45, 2.75) is 24.4 Å². The molecular weight excluding hydrogens is 190 g/mol. The van der Waals surface area contributed by atoms with E-state index in [1.165, 1.54) is 7.11 Å². The molecule has 0 aromatic rings. The minimum atomic E-state index is -0.807. The highest BCUT2D eigenvalue weighted by atomic mass is 16.7. The summed E-state index contributed by atoms with van der Waals surface area (Å²) < 4.78 is 20.5. The molecule has 2 heterocycles. The fourth-order valence-corrected chi connectivity index (χ4v) is 1.66. The number of hydrogen-bond donors (Lipinski definition) is 1. The highest BCUT2D eigenvalue weighted by Gasteiger charge is 2.54. The molecule has 0 saturated carbocycles. The van der Waals surface area contributed by atoms with Gasteiger partial charge in [0.15, 0.2) is 0 Å². The molecule has 0 aromatic carbocycles. The Kier molecular flexibility index (Phi) is 2.58. The monoisotopic (exact) mass is 203 g/mol. The number of carbonyl (C=O) groups excluding carboxylic acids is 1. The van der Waals surface area contributed by atoms with E-state index >= 15 is 0 Å². The van der Waals surface area contributed by atoms with Crippen molar-refractivity contribution in [1.29, 1.82) is 0 Å². The Morgan fingerprint density at radius 1 is 1.71 bits per heavy atom. The first-order valence-electron chi connectivity index (χ1n) is 4.44. The van der Waals surface area contributed by atoms with Crippen LogP contribution in [0.15, 0.2) is 0 Å². The first kappa shape index (κ1) is 9.70. The van der Waals surface area contributed by atoms with E-state index in [9.17, 15) is 4.79 Å². The molecule has 2 aliphatic rings. The van der Waals surface area contributed by atoms with Crippen LogP contribution in [0, 0.1) is 0 Å². The molecule has 2 fully saturated rings. The molecule has 0 spiro atoms. The number of rotatable bonds is 4. The highest BCUT2D eigenvalue weighted by Crippen LogP contribution is 2.36. The van der Waals surface area contributed by atoms with Gasteiger partial charge in [0.2, 0.25) is 0 Å². The Bertz CT molecular complexity index is 234. The van der Waals surface area contributed by atoms with E-state index in [4.69, 9.17) is 19.9 Å². The summed E-state index contributed by atoms with van der Waals surface area (Å²) in [5.74, 6) is 0. The second-order valence-electron chi connectivity index (χ2n) is 3.34. The van der Waals surface area contributed by atoms with Crippen molar-refractivity contribution in [2.75, 3.05) is 20.3 Å². The van der Waals surface area contributed by atoms with Crippen LogP contribution in [-0.2, 0) is 18.9 Å². The lowest BCUT2D eigenvalue weighted by atomic mass is 10.1. The van der Waals surface area contributed by atoms with Gasteiger partial charge in [0.25, 0.3) is 0 Å². The van der Waals surface area contributed by atoms with Crippen molar-refractivity contribution >= 4 is 6.09 Å². The largest absolute Gasteiger partial charge is 0.447 e. The SMILES string of the molecule is CO[C@H](COC(N)=O)[C@H]1OC[C@@H]2O[C@@H]12. The number of epoxide rings is 1. The minimum absolute atomic E-state index is 0.0939. The number of carbonyl (C=O) groups is 1. The smallest absolute Gasteiger partial charge is 0.404 e. The number of fused-ring (bicyclic) bond motifs is 1. The van der Waals surface area contributed by atoms with Crippen molar-refractivity contribution in [3.63, 3.8) is 0 Å². The maximum atomic E-state index is 10.4. The van der Waals surface area contributed by atoms with Crippen LogP contribution in [0.5, 0.6) is 0 Å². The van der Waals surface area contributed by atoms with Crippen LogP contribution in [-0.4, -0.2) is 50.8 Å². The average molecular weight is 203 g/mol. The molecule has 0 unspecified atom stereocenters. The Labute approximate surface area is 81.2 Å². The fraction of sp³-hybridized carbons (Fsp3) is 0.875. The quantitative estimate of drug-likeness (QED) is 0.608. The van der Waals surface area contributed by atoms with Gasteiger partial charge in [-0.3, -0.25) is 0 Å². The van der Waals surface area contributed by atoms with Gasteiger partial charge in [-0.2, -0.15) is 0 Å². The predicted octanol–water partition coefficient (Wildman–Crippen LogP) is -0.737. The molecule has 4 atom stereocenters. The number of methoxy groups -OCH3 is 1. The summed E-state index contributed by atoms with van der Waals surface area (Å²) in [6.45, 7) is 0.689. The topological polar surface area (TPSA) is 83.3 Å². The summed E-state index contributed by atoms with van der Waals surface area (Å²) in [6, 6.07) is 0. The summed E-state index contributed by atoms with van der Waals surface area (Å²) in [5.41, 5.74) is 4.85. The third-order valence-corrected chi connectivity index (χ3v) is 2.46. The summed E-state index contributed by atoms with van der Waals surface area (Å²) in [6.07, 6.45) is -0.967. The molecule has 14 heavy (non-hydrogen) atoms. The van der Waals surface area contributed by atoms with Gasteiger partial charge in [-0.1, -0.05) is 0 Å². The van der Waals surface area contributed by atoms with Gasteiger partial charge < -0.3 is 24.7 Å². The molecule has 0 bridgehead atoms. The average Bonchev–Trinajstić information content (AvgIpc) is 2.82.